The molecule has 0 heterocycles. The van der Waals surface area contributed by atoms with Gasteiger partial charge in [0.05, 0.1) is 16.2 Å². The average Bonchev–Trinajstić information content (AvgIpc) is 2.46. The molecule has 0 amide bonds. The van der Waals surface area contributed by atoms with E-state index in [0.29, 0.717) is 5.69 Å². The number of carboxylic acid groups (broad SMARTS) is 1. The summed E-state index contributed by atoms with van der Waals surface area (Å²) in [6, 6.07) is 9.07. The van der Waals surface area contributed by atoms with Crippen molar-refractivity contribution in [1.82, 2.24) is 0 Å². The maximum absolute atomic E-state index is 11.6. The smallest absolute Gasteiger partial charge is 0.335 e. The molecule has 7 nitrogen and oxygen atoms in total. The van der Waals surface area contributed by atoms with Gasteiger partial charge in [-0.25, -0.2) is 4.79 Å². The van der Waals surface area contributed by atoms with Crippen LogP contribution in [0.25, 0.3) is 0 Å². The highest BCUT2D eigenvalue weighted by Gasteiger charge is 2.05. The van der Waals surface area contributed by atoms with Gasteiger partial charge in [0.1, 0.15) is 0 Å². The number of hydrogen-bond donors (Lipinski definition) is 1. The van der Waals surface area contributed by atoms with E-state index in [9.17, 15) is 20.0 Å². The normalized spacial score (nSPS) is 10.7. The standard InChI is InChI=1S/C14H10N2O5/c17-13-6-5-12(16(20)21)7-10(13)8-15-11-3-1-9(2-4-11)14(18)19/h1-8,17H,(H,18,19)/p-1. The van der Waals surface area contributed by atoms with Crippen molar-refractivity contribution in [2.45, 2.75) is 0 Å². The van der Waals surface area contributed by atoms with Crippen LogP contribution in [-0.2, 0) is 0 Å². The van der Waals surface area contributed by atoms with Crippen LogP contribution in [-0.4, -0.2) is 22.2 Å². The van der Waals surface area contributed by atoms with Crippen LogP contribution in [0.5, 0.6) is 5.75 Å². The minimum absolute atomic E-state index is 0.0894. The van der Waals surface area contributed by atoms with Gasteiger partial charge in [-0.15, -0.1) is 0 Å². The van der Waals surface area contributed by atoms with Crippen molar-refractivity contribution < 1.29 is 19.9 Å². The third-order valence-corrected chi connectivity index (χ3v) is 2.67. The Kier molecular flexibility index (Phi) is 3.94. The first kappa shape index (κ1) is 14.2. The number of benzene rings is 2. The van der Waals surface area contributed by atoms with Crippen molar-refractivity contribution in [3.63, 3.8) is 0 Å². The number of nitro groups is 1. The molecule has 0 saturated heterocycles. The first-order valence-corrected chi connectivity index (χ1v) is 5.80. The van der Waals surface area contributed by atoms with Crippen LogP contribution in [0.1, 0.15) is 15.9 Å². The Morgan fingerprint density at radius 2 is 1.86 bits per heavy atom. The second-order valence-electron chi connectivity index (χ2n) is 4.09. The molecule has 106 valence electrons. The summed E-state index contributed by atoms with van der Waals surface area (Å²) in [5.74, 6) is -1.43. The number of nitrogens with zero attached hydrogens (tertiary/aromatic N) is 2. The fourth-order valence-electron chi connectivity index (χ4n) is 1.58. The van der Waals surface area contributed by atoms with Crippen molar-refractivity contribution in [2.75, 3.05) is 0 Å². The molecule has 0 aliphatic carbocycles. The summed E-state index contributed by atoms with van der Waals surface area (Å²) in [5, 5.41) is 31.0. The molecule has 0 fully saturated rings. The SMILES string of the molecule is O=C(O)c1ccc(N=Cc2cc([N+](=O)[O-])ccc2[O-])cc1. The predicted octanol–water partition coefficient (Wildman–Crippen LogP) is 2.12. The van der Waals surface area contributed by atoms with Gasteiger partial charge in [-0.2, -0.15) is 0 Å². The third-order valence-electron chi connectivity index (χ3n) is 2.67. The maximum atomic E-state index is 11.6. The molecular formula is C14H9N2O5-. The predicted molar refractivity (Wildman–Crippen MR) is 73.2 cm³/mol. The summed E-state index contributed by atoms with van der Waals surface area (Å²) in [4.78, 5) is 24.7. The van der Waals surface area contributed by atoms with Gasteiger partial charge >= 0.3 is 5.97 Å². The monoisotopic (exact) mass is 285 g/mol. The number of aromatic carboxylic acids is 1. The number of aliphatic imine (C=N–C) groups is 1. The number of rotatable bonds is 4. The zero-order valence-electron chi connectivity index (χ0n) is 10.6. The number of carboxylic acids is 1. The van der Waals surface area contributed by atoms with E-state index in [2.05, 4.69) is 4.99 Å². The second-order valence-corrected chi connectivity index (χ2v) is 4.09. The van der Waals surface area contributed by atoms with Crippen LogP contribution >= 0.6 is 0 Å². The van der Waals surface area contributed by atoms with Crippen molar-refractivity contribution >= 4 is 23.6 Å². The molecule has 7 heteroatoms. The molecule has 0 spiro atoms. The molecule has 21 heavy (non-hydrogen) atoms. The Balaban J connectivity index is 2.26. The van der Waals surface area contributed by atoms with Crippen LogP contribution in [0.3, 0.4) is 0 Å². The Morgan fingerprint density at radius 1 is 1.19 bits per heavy atom. The molecule has 0 aliphatic heterocycles. The summed E-state index contributed by atoms with van der Waals surface area (Å²) in [6.45, 7) is 0. The fourth-order valence-corrected chi connectivity index (χ4v) is 1.58. The highest BCUT2D eigenvalue weighted by molar-refractivity contribution is 5.89. The van der Waals surface area contributed by atoms with Crippen LogP contribution in [0.15, 0.2) is 47.5 Å². The number of hydrogen-bond acceptors (Lipinski definition) is 5. The molecule has 2 rings (SSSR count). The van der Waals surface area contributed by atoms with Gasteiger partial charge in [0.25, 0.3) is 5.69 Å². The molecule has 2 aromatic carbocycles. The lowest BCUT2D eigenvalue weighted by molar-refractivity contribution is -0.385. The van der Waals surface area contributed by atoms with Crippen molar-refractivity contribution in [3.05, 3.63) is 63.7 Å². The van der Waals surface area contributed by atoms with Crippen LogP contribution < -0.4 is 5.11 Å². The van der Waals surface area contributed by atoms with E-state index >= 15 is 0 Å². The van der Waals surface area contributed by atoms with E-state index in [-0.39, 0.29) is 22.6 Å². The molecule has 0 saturated carbocycles. The third kappa shape index (κ3) is 3.41. The van der Waals surface area contributed by atoms with Gasteiger partial charge in [0.15, 0.2) is 0 Å². The summed E-state index contributed by atoms with van der Waals surface area (Å²) in [6.07, 6.45) is 1.21. The van der Waals surface area contributed by atoms with Gasteiger partial charge in [0.2, 0.25) is 0 Å². The maximum Gasteiger partial charge on any atom is 0.335 e. The molecule has 0 bridgehead atoms. The summed E-state index contributed by atoms with van der Waals surface area (Å²) in [5.41, 5.74) is 0.448. The summed E-state index contributed by atoms with van der Waals surface area (Å²) >= 11 is 0. The molecule has 2 aromatic rings. The van der Waals surface area contributed by atoms with Gasteiger partial charge in [-0.05, 0) is 29.8 Å². The molecule has 0 radical (unpaired) electrons. The largest absolute Gasteiger partial charge is 0.872 e. The average molecular weight is 285 g/mol. The van der Waals surface area contributed by atoms with E-state index in [1.165, 1.54) is 30.5 Å². The molecule has 0 atom stereocenters. The Bertz CT molecular complexity index is 723. The summed E-state index contributed by atoms with van der Waals surface area (Å²) < 4.78 is 0. The number of non-ortho nitro benzene ring substituents is 1. The highest BCUT2D eigenvalue weighted by Crippen LogP contribution is 2.20. The lowest BCUT2D eigenvalue weighted by Crippen LogP contribution is -1.98. The van der Waals surface area contributed by atoms with Crippen molar-refractivity contribution in [1.29, 1.82) is 0 Å². The van der Waals surface area contributed by atoms with Crippen LogP contribution in [0.2, 0.25) is 0 Å². The molecule has 0 aliphatic rings. The Labute approximate surface area is 119 Å². The minimum Gasteiger partial charge on any atom is -0.872 e. The minimum atomic E-state index is -1.05. The quantitative estimate of drug-likeness (QED) is 0.524. The van der Waals surface area contributed by atoms with E-state index in [1.807, 2.05) is 0 Å². The first-order chi connectivity index (χ1) is 9.97. The van der Waals surface area contributed by atoms with Gasteiger partial charge in [0, 0.05) is 18.3 Å². The van der Waals surface area contributed by atoms with Crippen LogP contribution in [0.4, 0.5) is 11.4 Å². The van der Waals surface area contributed by atoms with Gasteiger partial charge in [-0.3, -0.25) is 15.1 Å². The molecule has 1 N–H and O–H groups in total. The fraction of sp³-hybridized carbons (Fsp3) is 0. The first-order valence-electron chi connectivity index (χ1n) is 5.80. The second kappa shape index (κ2) is 5.83. The lowest BCUT2D eigenvalue weighted by atomic mass is 10.2. The van der Waals surface area contributed by atoms with E-state index in [0.717, 1.165) is 18.2 Å². The number of carbonyl (C=O) groups is 1. The topological polar surface area (TPSA) is 116 Å². The van der Waals surface area contributed by atoms with Crippen molar-refractivity contribution in [3.8, 4) is 5.75 Å². The highest BCUT2D eigenvalue weighted by atomic mass is 16.6. The zero-order valence-corrected chi connectivity index (χ0v) is 10.6. The molecule has 0 unspecified atom stereocenters. The van der Waals surface area contributed by atoms with E-state index < -0.39 is 10.9 Å². The number of nitro benzene ring substituents is 1. The zero-order chi connectivity index (χ0) is 15.4. The molecule has 0 aromatic heterocycles. The lowest BCUT2D eigenvalue weighted by Gasteiger charge is -2.08. The van der Waals surface area contributed by atoms with E-state index in [4.69, 9.17) is 5.11 Å². The van der Waals surface area contributed by atoms with Gasteiger partial charge in [-0.1, -0.05) is 11.8 Å². The van der Waals surface area contributed by atoms with Crippen molar-refractivity contribution in [2.24, 2.45) is 4.99 Å². The summed E-state index contributed by atoms with van der Waals surface area (Å²) in [7, 11) is 0. The molecular weight excluding hydrogens is 276 g/mol. The van der Waals surface area contributed by atoms with Gasteiger partial charge < -0.3 is 10.2 Å². The van der Waals surface area contributed by atoms with E-state index in [1.54, 1.807) is 0 Å². The van der Waals surface area contributed by atoms with Crippen LogP contribution in [0, 0.1) is 10.1 Å². The Morgan fingerprint density at radius 3 is 2.43 bits per heavy atom. The Hall–Kier alpha value is -3.22.